The van der Waals surface area contributed by atoms with Gasteiger partial charge < -0.3 is 0 Å². The summed E-state index contributed by atoms with van der Waals surface area (Å²) in [4.78, 5) is 12.4. The van der Waals surface area contributed by atoms with Crippen molar-refractivity contribution in [2.75, 3.05) is 0 Å². The Bertz CT molecular complexity index is 730. The van der Waals surface area contributed by atoms with Crippen LogP contribution in [0.15, 0.2) is 40.7 Å². The van der Waals surface area contributed by atoms with Crippen molar-refractivity contribution in [1.29, 1.82) is 0 Å². The van der Waals surface area contributed by atoms with Crippen LogP contribution in [-0.2, 0) is 13.1 Å². The Morgan fingerprint density at radius 3 is 2.55 bits per heavy atom. The molecule has 0 aliphatic carbocycles. The summed E-state index contributed by atoms with van der Waals surface area (Å²) >= 11 is 0. The molecule has 2 heterocycles. The summed E-state index contributed by atoms with van der Waals surface area (Å²) in [5.41, 5.74) is 4.52. The molecule has 0 bridgehead atoms. The van der Waals surface area contributed by atoms with E-state index in [1.165, 1.54) is 5.57 Å². The lowest BCUT2D eigenvalue weighted by Gasteiger charge is -2.07. The second-order valence-electron chi connectivity index (χ2n) is 4.73. The summed E-state index contributed by atoms with van der Waals surface area (Å²) in [5.74, 6) is 0. The van der Waals surface area contributed by atoms with E-state index in [9.17, 15) is 4.79 Å². The number of aromatic nitrogens is 2. The van der Waals surface area contributed by atoms with Crippen LogP contribution in [0.25, 0.3) is 17.1 Å². The van der Waals surface area contributed by atoms with Crippen LogP contribution >= 0.6 is 0 Å². The quantitative estimate of drug-likeness (QED) is 0.728. The van der Waals surface area contributed by atoms with Crippen molar-refractivity contribution in [2.45, 2.75) is 54.6 Å². The van der Waals surface area contributed by atoms with Gasteiger partial charge in [-0.1, -0.05) is 63.6 Å². The van der Waals surface area contributed by atoms with Crippen LogP contribution in [0, 0.1) is 0 Å². The number of allylic oxidation sites excluding steroid dienone is 3. The number of para-hydroxylation sites is 1. The summed E-state index contributed by atoms with van der Waals surface area (Å²) in [6, 6.07) is 6.10. The lowest BCUT2D eigenvalue weighted by Crippen LogP contribution is -2.24. The maximum atomic E-state index is 12.4. The minimum Gasteiger partial charge on any atom is -0.288 e. The number of imidazole rings is 1. The first kappa shape index (κ1) is 18.0. The van der Waals surface area contributed by atoms with Crippen LogP contribution in [0.4, 0.5) is 0 Å². The Kier molecular flexibility index (Phi) is 6.90. The maximum absolute atomic E-state index is 12.4. The molecule has 0 N–H and O–H groups in total. The van der Waals surface area contributed by atoms with Gasteiger partial charge in [0.15, 0.2) is 0 Å². The molecule has 1 aliphatic rings. The minimum atomic E-state index is 0.0861. The molecule has 3 rings (SSSR count). The highest BCUT2D eigenvalue weighted by Gasteiger charge is 2.16. The molecule has 1 aromatic heterocycles. The van der Waals surface area contributed by atoms with Gasteiger partial charge in [-0.25, -0.2) is 4.79 Å². The predicted molar refractivity (Wildman–Crippen MR) is 97.4 cm³/mol. The van der Waals surface area contributed by atoms with E-state index in [-0.39, 0.29) is 5.69 Å². The molecule has 0 unspecified atom stereocenters. The first-order valence-corrected chi connectivity index (χ1v) is 8.22. The van der Waals surface area contributed by atoms with Gasteiger partial charge in [0, 0.05) is 18.7 Å². The normalized spacial score (nSPS) is 12.4. The van der Waals surface area contributed by atoms with Crippen molar-refractivity contribution in [3.8, 4) is 0 Å². The van der Waals surface area contributed by atoms with Gasteiger partial charge in [-0.05, 0) is 19.9 Å². The van der Waals surface area contributed by atoms with Gasteiger partial charge in [-0.2, -0.15) is 0 Å². The topological polar surface area (TPSA) is 26.9 Å². The van der Waals surface area contributed by atoms with Crippen molar-refractivity contribution in [1.82, 2.24) is 9.13 Å². The van der Waals surface area contributed by atoms with Crippen LogP contribution in [0.3, 0.4) is 0 Å². The van der Waals surface area contributed by atoms with Crippen molar-refractivity contribution >= 4 is 17.1 Å². The second kappa shape index (κ2) is 8.42. The maximum Gasteiger partial charge on any atom is 0.329 e. The third-order valence-corrected chi connectivity index (χ3v) is 3.55. The summed E-state index contributed by atoms with van der Waals surface area (Å²) in [5, 5.41) is 0. The first-order valence-electron chi connectivity index (χ1n) is 8.22. The zero-order valence-electron chi connectivity index (χ0n) is 14.7. The van der Waals surface area contributed by atoms with Crippen molar-refractivity contribution in [3.63, 3.8) is 0 Å². The third-order valence-electron chi connectivity index (χ3n) is 3.55. The van der Waals surface area contributed by atoms with Gasteiger partial charge in [0.05, 0.1) is 11.0 Å². The zero-order chi connectivity index (χ0) is 16.7. The molecule has 2 aromatic rings. The highest BCUT2D eigenvalue weighted by atomic mass is 16.1. The van der Waals surface area contributed by atoms with E-state index in [1.54, 1.807) is 0 Å². The third kappa shape index (κ3) is 3.24. The molecule has 0 atom stereocenters. The largest absolute Gasteiger partial charge is 0.329 e. The fraction of sp³-hybridized carbons (Fsp3) is 0.421. The highest BCUT2D eigenvalue weighted by molar-refractivity contribution is 5.87. The molecule has 3 heteroatoms. The van der Waals surface area contributed by atoms with Gasteiger partial charge >= 0.3 is 5.69 Å². The van der Waals surface area contributed by atoms with E-state index in [4.69, 9.17) is 0 Å². The minimum absolute atomic E-state index is 0.0861. The summed E-state index contributed by atoms with van der Waals surface area (Å²) in [6.07, 6.45) is 6.18. The van der Waals surface area contributed by atoms with E-state index < -0.39 is 0 Å². The molecule has 0 fully saturated rings. The predicted octanol–water partition coefficient (Wildman–Crippen LogP) is 4.85. The van der Waals surface area contributed by atoms with Crippen molar-refractivity contribution in [2.24, 2.45) is 0 Å². The van der Waals surface area contributed by atoms with E-state index in [1.807, 2.05) is 62.0 Å². The zero-order valence-corrected chi connectivity index (χ0v) is 14.7. The fourth-order valence-corrected chi connectivity index (χ4v) is 2.49. The van der Waals surface area contributed by atoms with E-state index in [0.717, 1.165) is 16.6 Å². The average molecular weight is 300 g/mol. The average Bonchev–Trinajstić information content (AvgIpc) is 2.86. The lowest BCUT2D eigenvalue weighted by molar-refractivity contribution is 0.701. The van der Waals surface area contributed by atoms with Gasteiger partial charge in [0.1, 0.15) is 0 Å². The summed E-state index contributed by atoms with van der Waals surface area (Å²) < 4.78 is 3.72. The molecule has 1 aromatic carbocycles. The van der Waals surface area contributed by atoms with Gasteiger partial charge in [0.2, 0.25) is 0 Å². The molecule has 22 heavy (non-hydrogen) atoms. The van der Waals surface area contributed by atoms with E-state index in [2.05, 4.69) is 25.1 Å². The highest BCUT2D eigenvalue weighted by Crippen LogP contribution is 2.23. The molecule has 120 valence electrons. The SMILES string of the molecule is C/C=C(\C)Cn1c(=O)n2c3c(cccc31)C=CC2.CC.CC. The first-order chi connectivity index (χ1) is 10.7. The van der Waals surface area contributed by atoms with E-state index >= 15 is 0 Å². The number of rotatable bonds is 2. The van der Waals surface area contributed by atoms with E-state index in [0.29, 0.717) is 13.1 Å². The molecule has 0 spiro atoms. The Hall–Kier alpha value is -2.03. The Morgan fingerprint density at radius 1 is 1.23 bits per heavy atom. The smallest absolute Gasteiger partial charge is 0.288 e. The Morgan fingerprint density at radius 2 is 1.91 bits per heavy atom. The number of hydrogen-bond donors (Lipinski definition) is 0. The molecule has 3 nitrogen and oxygen atoms in total. The second-order valence-corrected chi connectivity index (χ2v) is 4.73. The monoisotopic (exact) mass is 300 g/mol. The van der Waals surface area contributed by atoms with Gasteiger partial charge in [0.25, 0.3) is 0 Å². The van der Waals surface area contributed by atoms with Gasteiger partial charge in [-0.15, -0.1) is 0 Å². The molecular formula is C19H28N2O. The number of hydrogen-bond acceptors (Lipinski definition) is 1. The van der Waals surface area contributed by atoms with Crippen LogP contribution in [0.5, 0.6) is 0 Å². The molecule has 0 saturated heterocycles. The summed E-state index contributed by atoms with van der Waals surface area (Å²) in [7, 11) is 0. The molecule has 0 amide bonds. The molecular weight excluding hydrogens is 272 g/mol. The van der Waals surface area contributed by atoms with Crippen LogP contribution in [0.2, 0.25) is 0 Å². The fourth-order valence-electron chi connectivity index (χ4n) is 2.49. The van der Waals surface area contributed by atoms with Crippen molar-refractivity contribution < 1.29 is 0 Å². The molecule has 0 saturated carbocycles. The van der Waals surface area contributed by atoms with Crippen LogP contribution in [0.1, 0.15) is 47.1 Å². The van der Waals surface area contributed by atoms with Crippen molar-refractivity contribution in [3.05, 3.63) is 52.0 Å². The Labute approximate surface area is 133 Å². The summed E-state index contributed by atoms with van der Waals surface area (Å²) in [6.45, 7) is 13.4. The lowest BCUT2D eigenvalue weighted by atomic mass is 10.1. The van der Waals surface area contributed by atoms with Crippen LogP contribution in [-0.4, -0.2) is 9.13 Å². The molecule has 0 radical (unpaired) electrons. The standard InChI is InChI=1S/C15H16N2O.2C2H6/c1-3-11(2)10-17-13-8-4-6-12-7-5-9-16(14(12)13)15(17)18;2*1-2/h3-8H,9-10H2,1-2H3;2*1-2H3/b11-3+;;. The molecule has 1 aliphatic heterocycles. The number of benzene rings is 1. The van der Waals surface area contributed by atoms with Crippen LogP contribution < -0.4 is 5.69 Å². The Balaban J connectivity index is 0.000000561. The number of nitrogens with zero attached hydrogens (tertiary/aromatic N) is 2. The van der Waals surface area contributed by atoms with Gasteiger partial charge in [-0.3, -0.25) is 9.13 Å².